The number of hydrogen-bond acceptors (Lipinski definition) is 2. The predicted molar refractivity (Wildman–Crippen MR) is 75.3 cm³/mol. The molecule has 0 aliphatic rings. The van der Waals surface area contributed by atoms with Crippen LogP contribution in [-0.2, 0) is 0 Å². The topological polar surface area (TPSA) is 40.7 Å². The van der Waals surface area contributed by atoms with Gasteiger partial charge in [-0.25, -0.2) is 4.98 Å². The lowest BCUT2D eigenvalue weighted by Gasteiger charge is -2.19. The molecule has 18 heavy (non-hydrogen) atoms. The quantitative estimate of drug-likeness (QED) is 0.845. The van der Waals surface area contributed by atoms with Crippen molar-refractivity contribution in [2.75, 3.05) is 6.54 Å². The number of aromatic amines is 1. The minimum Gasteiger partial charge on any atom is -0.341 e. The summed E-state index contributed by atoms with van der Waals surface area (Å²) in [5, 5.41) is 3.47. The second kappa shape index (κ2) is 5.83. The molecule has 0 spiro atoms. The summed E-state index contributed by atoms with van der Waals surface area (Å²) < 4.78 is 0. The Balaban J connectivity index is 2.24. The van der Waals surface area contributed by atoms with Crippen LogP contribution >= 0.6 is 0 Å². The second-order valence-electron chi connectivity index (χ2n) is 4.83. The Bertz CT molecular complexity index is 473. The van der Waals surface area contributed by atoms with E-state index in [1.807, 2.05) is 24.4 Å². The van der Waals surface area contributed by atoms with E-state index in [0.717, 1.165) is 18.1 Å². The number of benzene rings is 1. The summed E-state index contributed by atoms with van der Waals surface area (Å²) >= 11 is 0. The zero-order valence-electron chi connectivity index (χ0n) is 11.3. The van der Waals surface area contributed by atoms with Gasteiger partial charge in [0, 0.05) is 0 Å². The molecule has 0 saturated heterocycles. The Labute approximate surface area is 109 Å². The molecule has 0 saturated carbocycles. The fourth-order valence-electron chi connectivity index (χ4n) is 2.13. The number of hydrogen-bond donors (Lipinski definition) is 2. The van der Waals surface area contributed by atoms with E-state index in [-0.39, 0.29) is 6.04 Å². The van der Waals surface area contributed by atoms with Gasteiger partial charge in [-0.05, 0) is 18.0 Å². The van der Waals surface area contributed by atoms with E-state index in [0.29, 0.717) is 5.92 Å². The standard InChI is InChI=1S/C15H21N3/c1-4-16-14(11(2)3)15-17-10-13(18-15)12-8-6-5-7-9-12/h5-11,14,16H,4H2,1-3H3,(H,17,18)/t14-/m0/s1. The average Bonchev–Trinajstić information content (AvgIpc) is 2.86. The summed E-state index contributed by atoms with van der Waals surface area (Å²) in [6, 6.07) is 10.6. The summed E-state index contributed by atoms with van der Waals surface area (Å²) in [5.41, 5.74) is 2.25. The van der Waals surface area contributed by atoms with Gasteiger partial charge in [-0.1, -0.05) is 51.1 Å². The third-order valence-electron chi connectivity index (χ3n) is 3.07. The number of H-pyrrole nitrogens is 1. The van der Waals surface area contributed by atoms with E-state index in [2.05, 4.69) is 48.2 Å². The Morgan fingerprint density at radius 3 is 2.56 bits per heavy atom. The highest BCUT2D eigenvalue weighted by molar-refractivity contribution is 5.58. The van der Waals surface area contributed by atoms with Crippen molar-refractivity contribution in [3.8, 4) is 11.3 Å². The van der Waals surface area contributed by atoms with Crippen LogP contribution in [0.15, 0.2) is 36.5 Å². The summed E-state index contributed by atoms with van der Waals surface area (Å²) in [5.74, 6) is 1.53. The molecule has 1 aromatic heterocycles. The maximum absolute atomic E-state index is 4.51. The van der Waals surface area contributed by atoms with E-state index < -0.39 is 0 Å². The lowest BCUT2D eigenvalue weighted by Crippen LogP contribution is -2.26. The Morgan fingerprint density at radius 2 is 1.94 bits per heavy atom. The predicted octanol–water partition coefficient (Wildman–Crippen LogP) is 3.38. The molecule has 0 aliphatic heterocycles. The third-order valence-corrected chi connectivity index (χ3v) is 3.07. The van der Waals surface area contributed by atoms with Gasteiger partial charge in [0.15, 0.2) is 0 Å². The first-order valence-electron chi connectivity index (χ1n) is 6.56. The van der Waals surface area contributed by atoms with Crippen LogP contribution < -0.4 is 5.32 Å². The molecule has 0 unspecified atom stereocenters. The Morgan fingerprint density at radius 1 is 1.22 bits per heavy atom. The largest absolute Gasteiger partial charge is 0.341 e. The van der Waals surface area contributed by atoms with Gasteiger partial charge < -0.3 is 10.3 Å². The van der Waals surface area contributed by atoms with Crippen molar-refractivity contribution >= 4 is 0 Å². The normalized spacial score (nSPS) is 12.9. The van der Waals surface area contributed by atoms with Gasteiger partial charge in [0.25, 0.3) is 0 Å². The van der Waals surface area contributed by atoms with Gasteiger partial charge in [0.05, 0.1) is 17.9 Å². The molecule has 0 amide bonds. The van der Waals surface area contributed by atoms with Crippen molar-refractivity contribution in [2.45, 2.75) is 26.8 Å². The summed E-state index contributed by atoms with van der Waals surface area (Å²) in [4.78, 5) is 7.94. The molecule has 2 rings (SSSR count). The third kappa shape index (κ3) is 2.79. The van der Waals surface area contributed by atoms with Crippen molar-refractivity contribution < 1.29 is 0 Å². The van der Waals surface area contributed by atoms with Crippen molar-refractivity contribution in [2.24, 2.45) is 5.92 Å². The maximum atomic E-state index is 4.51. The molecule has 0 radical (unpaired) electrons. The highest BCUT2D eigenvalue weighted by Crippen LogP contribution is 2.22. The van der Waals surface area contributed by atoms with Crippen molar-refractivity contribution in [3.05, 3.63) is 42.4 Å². The number of imidazole rings is 1. The molecule has 2 N–H and O–H groups in total. The molecule has 0 aliphatic carbocycles. The van der Waals surface area contributed by atoms with Crippen molar-refractivity contribution in [3.63, 3.8) is 0 Å². The number of nitrogens with zero attached hydrogens (tertiary/aromatic N) is 1. The van der Waals surface area contributed by atoms with Crippen LogP contribution in [0.1, 0.15) is 32.6 Å². The van der Waals surface area contributed by atoms with Crippen LogP contribution in [0.2, 0.25) is 0 Å². The Kier molecular flexibility index (Phi) is 4.15. The number of nitrogens with one attached hydrogen (secondary N) is 2. The molecule has 1 aromatic carbocycles. The highest BCUT2D eigenvalue weighted by Gasteiger charge is 2.17. The van der Waals surface area contributed by atoms with Gasteiger partial charge in [0.2, 0.25) is 0 Å². The SMILES string of the molecule is CCN[C@H](c1ncc(-c2ccccc2)[nH]1)C(C)C. The minimum absolute atomic E-state index is 0.285. The molecule has 2 aromatic rings. The lowest BCUT2D eigenvalue weighted by molar-refractivity contribution is 0.406. The fraction of sp³-hybridized carbons (Fsp3) is 0.400. The van der Waals surface area contributed by atoms with E-state index >= 15 is 0 Å². The zero-order valence-corrected chi connectivity index (χ0v) is 11.3. The first-order valence-corrected chi connectivity index (χ1v) is 6.56. The van der Waals surface area contributed by atoms with Crippen LogP contribution in [0.25, 0.3) is 11.3 Å². The molecule has 96 valence electrons. The molecule has 1 heterocycles. The van der Waals surface area contributed by atoms with E-state index in [1.165, 1.54) is 5.56 Å². The second-order valence-corrected chi connectivity index (χ2v) is 4.83. The van der Waals surface area contributed by atoms with Crippen LogP contribution in [0, 0.1) is 5.92 Å². The van der Waals surface area contributed by atoms with Crippen LogP contribution in [0.5, 0.6) is 0 Å². The van der Waals surface area contributed by atoms with Crippen LogP contribution in [-0.4, -0.2) is 16.5 Å². The molecular formula is C15H21N3. The van der Waals surface area contributed by atoms with Crippen LogP contribution in [0.3, 0.4) is 0 Å². The Hall–Kier alpha value is -1.61. The monoisotopic (exact) mass is 243 g/mol. The minimum atomic E-state index is 0.285. The van der Waals surface area contributed by atoms with Gasteiger partial charge in [-0.15, -0.1) is 0 Å². The van der Waals surface area contributed by atoms with Crippen LogP contribution in [0.4, 0.5) is 0 Å². The molecule has 3 heteroatoms. The molecule has 1 atom stereocenters. The van der Waals surface area contributed by atoms with Gasteiger partial charge >= 0.3 is 0 Å². The molecule has 0 bridgehead atoms. The van der Waals surface area contributed by atoms with Crippen molar-refractivity contribution in [1.29, 1.82) is 0 Å². The molecule has 3 nitrogen and oxygen atoms in total. The van der Waals surface area contributed by atoms with Gasteiger partial charge in [-0.3, -0.25) is 0 Å². The van der Waals surface area contributed by atoms with E-state index in [4.69, 9.17) is 0 Å². The first-order chi connectivity index (χ1) is 8.72. The maximum Gasteiger partial charge on any atom is 0.123 e. The van der Waals surface area contributed by atoms with E-state index in [1.54, 1.807) is 0 Å². The van der Waals surface area contributed by atoms with Gasteiger partial charge in [0.1, 0.15) is 5.82 Å². The number of rotatable bonds is 5. The summed E-state index contributed by atoms with van der Waals surface area (Å²) in [7, 11) is 0. The van der Waals surface area contributed by atoms with Crippen molar-refractivity contribution in [1.82, 2.24) is 15.3 Å². The molecule has 0 fully saturated rings. The number of aromatic nitrogens is 2. The highest BCUT2D eigenvalue weighted by atomic mass is 15.0. The first kappa shape index (κ1) is 12.8. The zero-order chi connectivity index (χ0) is 13.0. The smallest absolute Gasteiger partial charge is 0.123 e. The summed E-state index contributed by atoms with van der Waals surface area (Å²) in [6.45, 7) is 7.48. The average molecular weight is 243 g/mol. The van der Waals surface area contributed by atoms with E-state index in [9.17, 15) is 0 Å². The van der Waals surface area contributed by atoms with Gasteiger partial charge in [-0.2, -0.15) is 0 Å². The molecular weight excluding hydrogens is 222 g/mol. The summed E-state index contributed by atoms with van der Waals surface area (Å²) in [6.07, 6.45) is 1.91. The lowest BCUT2D eigenvalue weighted by atomic mass is 10.0. The fourth-order valence-corrected chi connectivity index (χ4v) is 2.13.